The molecule has 0 bridgehead atoms. The molecule has 0 unspecified atom stereocenters. The number of rotatable bonds is 4. The number of nitrogens with zero attached hydrogens (tertiary/aromatic N) is 3. The second-order valence-electron chi connectivity index (χ2n) is 3.39. The maximum Gasteiger partial charge on any atom is 0.321 e. The second kappa shape index (κ2) is 5.09. The maximum atomic E-state index is 5.32. The first-order chi connectivity index (χ1) is 8.22. The van der Waals surface area contributed by atoms with Crippen molar-refractivity contribution in [2.45, 2.75) is 13.8 Å². The van der Waals surface area contributed by atoms with Crippen LogP contribution in [0.5, 0.6) is 6.01 Å². The van der Waals surface area contributed by atoms with Crippen LogP contribution in [-0.4, -0.2) is 28.6 Å². The van der Waals surface area contributed by atoms with Crippen LogP contribution in [0.1, 0.15) is 11.8 Å². The van der Waals surface area contributed by atoms with E-state index < -0.39 is 0 Å². The van der Waals surface area contributed by atoms with Crippen LogP contribution >= 0.6 is 11.3 Å². The second-order valence-corrected chi connectivity index (χ2v) is 4.51. The lowest BCUT2D eigenvalue weighted by Gasteiger charge is -2.05. The summed E-state index contributed by atoms with van der Waals surface area (Å²) >= 11 is 1.67. The van der Waals surface area contributed by atoms with E-state index >= 15 is 0 Å². The first kappa shape index (κ1) is 11.8. The summed E-state index contributed by atoms with van der Waals surface area (Å²) in [5.41, 5.74) is 0.993. The van der Waals surface area contributed by atoms with Crippen LogP contribution in [-0.2, 0) is 0 Å². The Kier molecular flexibility index (Phi) is 3.53. The molecule has 0 saturated carbocycles. The topological polar surface area (TPSA) is 59.9 Å². The highest BCUT2D eigenvalue weighted by atomic mass is 32.1. The summed E-state index contributed by atoms with van der Waals surface area (Å²) in [5.74, 6) is 1.15. The summed E-state index contributed by atoms with van der Waals surface area (Å²) < 4.78 is 5.32. The van der Waals surface area contributed by atoms with Gasteiger partial charge in [0.2, 0.25) is 5.95 Å². The molecule has 2 aromatic heterocycles. The normalized spacial score (nSPS) is 10.3. The van der Waals surface area contributed by atoms with E-state index in [0.29, 0.717) is 24.4 Å². The molecule has 0 fully saturated rings. The molecule has 1 N–H and O–H groups in total. The molecule has 0 aliphatic heterocycles. The van der Waals surface area contributed by atoms with Crippen LogP contribution in [0.4, 0.5) is 5.95 Å². The van der Waals surface area contributed by atoms with Gasteiger partial charge in [0, 0.05) is 22.9 Å². The number of anilines is 1. The Labute approximate surface area is 104 Å². The highest BCUT2D eigenvalue weighted by molar-refractivity contribution is 7.10. The highest BCUT2D eigenvalue weighted by Gasteiger charge is 2.09. The van der Waals surface area contributed by atoms with E-state index in [4.69, 9.17) is 4.74 Å². The minimum absolute atomic E-state index is 0.353. The molecule has 0 spiro atoms. The summed E-state index contributed by atoms with van der Waals surface area (Å²) in [6.07, 6.45) is 0. The van der Waals surface area contributed by atoms with Gasteiger partial charge in [0.15, 0.2) is 5.82 Å². The SMILES string of the molecule is CCOc1nc(NC)nc(-c2csc(C)c2)n1. The number of hydrogen-bond donors (Lipinski definition) is 1. The first-order valence-corrected chi connectivity index (χ1v) is 6.23. The molecule has 0 atom stereocenters. The number of thiophene rings is 1. The number of aryl methyl sites for hydroxylation is 1. The molecule has 0 amide bonds. The average molecular weight is 250 g/mol. The first-order valence-electron chi connectivity index (χ1n) is 5.35. The summed E-state index contributed by atoms with van der Waals surface area (Å²) in [4.78, 5) is 13.9. The average Bonchev–Trinajstić information content (AvgIpc) is 2.76. The fourth-order valence-corrected chi connectivity index (χ4v) is 2.03. The van der Waals surface area contributed by atoms with Gasteiger partial charge in [-0.3, -0.25) is 0 Å². The third-order valence-electron chi connectivity index (χ3n) is 2.10. The van der Waals surface area contributed by atoms with Crippen molar-refractivity contribution in [2.24, 2.45) is 0 Å². The van der Waals surface area contributed by atoms with Crippen molar-refractivity contribution in [1.29, 1.82) is 0 Å². The van der Waals surface area contributed by atoms with Gasteiger partial charge < -0.3 is 10.1 Å². The van der Waals surface area contributed by atoms with Gasteiger partial charge in [0.05, 0.1) is 6.61 Å². The van der Waals surface area contributed by atoms with E-state index in [1.54, 1.807) is 18.4 Å². The number of aromatic nitrogens is 3. The van der Waals surface area contributed by atoms with Crippen LogP contribution < -0.4 is 10.1 Å². The molecule has 0 aromatic carbocycles. The van der Waals surface area contributed by atoms with Crippen molar-refractivity contribution in [3.05, 3.63) is 16.3 Å². The van der Waals surface area contributed by atoms with E-state index in [0.717, 1.165) is 5.56 Å². The molecule has 90 valence electrons. The van der Waals surface area contributed by atoms with Gasteiger partial charge in [-0.05, 0) is 19.9 Å². The Morgan fingerprint density at radius 2 is 2.18 bits per heavy atom. The Morgan fingerprint density at radius 3 is 2.76 bits per heavy atom. The van der Waals surface area contributed by atoms with Crippen LogP contribution in [0.3, 0.4) is 0 Å². The largest absolute Gasteiger partial charge is 0.464 e. The van der Waals surface area contributed by atoms with E-state index in [9.17, 15) is 0 Å². The van der Waals surface area contributed by atoms with Crippen molar-refractivity contribution in [1.82, 2.24) is 15.0 Å². The zero-order valence-electron chi connectivity index (χ0n) is 10.0. The molecule has 0 radical (unpaired) electrons. The van der Waals surface area contributed by atoms with Crippen molar-refractivity contribution < 1.29 is 4.74 Å². The number of hydrogen-bond acceptors (Lipinski definition) is 6. The molecular formula is C11H14N4OS. The molecule has 0 saturated heterocycles. The standard InChI is InChI=1S/C11H14N4OS/c1-4-16-11-14-9(13-10(12-3)15-11)8-5-7(2)17-6-8/h5-6H,4H2,1-3H3,(H,12,13,14,15). The maximum absolute atomic E-state index is 5.32. The van der Waals surface area contributed by atoms with Crippen LogP contribution in [0.2, 0.25) is 0 Å². The Morgan fingerprint density at radius 1 is 1.35 bits per heavy atom. The summed E-state index contributed by atoms with van der Waals surface area (Å²) in [6.45, 7) is 4.49. The van der Waals surface area contributed by atoms with Crippen molar-refractivity contribution >= 4 is 17.3 Å². The van der Waals surface area contributed by atoms with E-state index in [-0.39, 0.29) is 0 Å². The molecule has 6 heteroatoms. The fourth-order valence-electron chi connectivity index (χ4n) is 1.35. The predicted molar refractivity (Wildman–Crippen MR) is 68.6 cm³/mol. The highest BCUT2D eigenvalue weighted by Crippen LogP contribution is 2.23. The van der Waals surface area contributed by atoms with Gasteiger partial charge in [-0.15, -0.1) is 11.3 Å². The molecule has 2 aromatic rings. The Bertz CT molecular complexity index is 512. The predicted octanol–water partition coefficient (Wildman–Crippen LogP) is 2.35. The molecule has 17 heavy (non-hydrogen) atoms. The van der Waals surface area contributed by atoms with E-state index in [1.165, 1.54) is 4.88 Å². The molecular weight excluding hydrogens is 236 g/mol. The van der Waals surface area contributed by atoms with Gasteiger partial charge in [0.1, 0.15) is 0 Å². The Balaban J connectivity index is 2.42. The van der Waals surface area contributed by atoms with Gasteiger partial charge in [-0.1, -0.05) is 0 Å². The van der Waals surface area contributed by atoms with E-state index in [1.807, 2.05) is 12.3 Å². The zero-order valence-corrected chi connectivity index (χ0v) is 10.8. The summed E-state index contributed by atoms with van der Waals surface area (Å²) in [6, 6.07) is 2.40. The van der Waals surface area contributed by atoms with E-state index in [2.05, 4.69) is 33.3 Å². The minimum atomic E-state index is 0.353. The zero-order chi connectivity index (χ0) is 12.3. The summed E-state index contributed by atoms with van der Waals surface area (Å²) in [5, 5.41) is 4.93. The number of ether oxygens (including phenoxy) is 1. The summed E-state index contributed by atoms with van der Waals surface area (Å²) in [7, 11) is 1.77. The third-order valence-corrected chi connectivity index (χ3v) is 2.96. The fraction of sp³-hybridized carbons (Fsp3) is 0.364. The molecule has 0 aliphatic rings. The Hall–Kier alpha value is -1.69. The van der Waals surface area contributed by atoms with Gasteiger partial charge in [-0.2, -0.15) is 15.0 Å². The lowest BCUT2D eigenvalue weighted by molar-refractivity contribution is 0.312. The van der Waals surface area contributed by atoms with Crippen LogP contribution in [0, 0.1) is 6.92 Å². The van der Waals surface area contributed by atoms with Crippen molar-refractivity contribution in [2.75, 3.05) is 19.0 Å². The molecule has 0 aliphatic carbocycles. The van der Waals surface area contributed by atoms with Crippen molar-refractivity contribution in [3.8, 4) is 17.4 Å². The monoisotopic (exact) mass is 250 g/mol. The molecule has 2 heterocycles. The van der Waals surface area contributed by atoms with Crippen molar-refractivity contribution in [3.63, 3.8) is 0 Å². The number of nitrogens with one attached hydrogen (secondary N) is 1. The smallest absolute Gasteiger partial charge is 0.321 e. The quantitative estimate of drug-likeness (QED) is 0.902. The van der Waals surface area contributed by atoms with Crippen LogP contribution in [0.25, 0.3) is 11.4 Å². The van der Waals surface area contributed by atoms with Gasteiger partial charge >= 0.3 is 6.01 Å². The van der Waals surface area contributed by atoms with Crippen LogP contribution in [0.15, 0.2) is 11.4 Å². The lowest BCUT2D eigenvalue weighted by Crippen LogP contribution is -2.04. The third kappa shape index (κ3) is 2.71. The van der Waals surface area contributed by atoms with Gasteiger partial charge in [0.25, 0.3) is 0 Å². The minimum Gasteiger partial charge on any atom is -0.464 e. The van der Waals surface area contributed by atoms with Gasteiger partial charge in [-0.25, -0.2) is 0 Å². The molecule has 5 nitrogen and oxygen atoms in total. The molecule has 2 rings (SSSR count). The lowest BCUT2D eigenvalue weighted by atomic mass is 10.3.